The molecule has 1 amide bonds. The van der Waals surface area contributed by atoms with Crippen LogP contribution in [-0.2, 0) is 16.0 Å². The summed E-state index contributed by atoms with van der Waals surface area (Å²) in [5.74, 6) is -1.14. The first-order valence-corrected chi connectivity index (χ1v) is 11.2. The van der Waals surface area contributed by atoms with E-state index in [9.17, 15) is 14.7 Å². The summed E-state index contributed by atoms with van der Waals surface area (Å²) in [4.78, 5) is 23.5. The Morgan fingerprint density at radius 3 is 1.82 bits per heavy atom. The Morgan fingerprint density at radius 2 is 1.32 bits per heavy atom. The smallest absolute Gasteiger partial charge is 0.326 e. The van der Waals surface area contributed by atoms with Gasteiger partial charge < -0.3 is 10.4 Å². The van der Waals surface area contributed by atoms with Gasteiger partial charge in [-0.05, 0) is 12.0 Å². The van der Waals surface area contributed by atoms with Crippen molar-refractivity contribution in [3.05, 3.63) is 35.9 Å². The highest BCUT2D eigenvalue weighted by molar-refractivity contribution is 5.83. The summed E-state index contributed by atoms with van der Waals surface area (Å²) in [5.41, 5.74) is 0.917. The standard InChI is InChI=1S/C24H39NO3/c1-2-3-4-5-6-7-8-9-10-11-12-16-19-23(26)25-22(24(27)28)20-21-17-14-13-15-18-21/h13-15,17-18,22H,2-12,16,19-20H2,1H3,(H,25,26)(H,27,28). The third kappa shape index (κ3) is 12.5. The lowest BCUT2D eigenvalue weighted by atomic mass is 10.0. The Morgan fingerprint density at radius 1 is 0.821 bits per heavy atom. The van der Waals surface area contributed by atoms with Gasteiger partial charge in [0.15, 0.2) is 0 Å². The molecule has 0 heterocycles. The van der Waals surface area contributed by atoms with Crippen LogP contribution in [-0.4, -0.2) is 23.0 Å². The van der Waals surface area contributed by atoms with E-state index in [0.717, 1.165) is 24.8 Å². The van der Waals surface area contributed by atoms with E-state index in [1.807, 2.05) is 30.3 Å². The van der Waals surface area contributed by atoms with E-state index in [4.69, 9.17) is 0 Å². The van der Waals surface area contributed by atoms with Gasteiger partial charge in [0.25, 0.3) is 0 Å². The summed E-state index contributed by atoms with van der Waals surface area (Å²) in [6.45, 7) is 2.25. The number of rotatable bonds is 17. The molecule has 0 radical (unpaired) electrons. The summed E-state index contributed by atoms with van der Waals surface area (Å²) in [6.07, 6.45) is 15.8. The van der Waals surface area contributed by atoms with Gasteiger partial charge in [-0.2, -0.15) is 0 Å². The van der Waals surface area contributed by atoms with Crippen LogP contribution in [0.2, 0.25) is 0 Å². The van der Waals surface area contributed by atoms with Crippen LogP contribution >= 0.6 is 0 Å². The Labute approximate surface area is 171 Å². The van der Waals surface area contributed by atoms with E-state index >= 15 is 0 Å². The molecular formula is C24H39NO3. The first kappa shape index (κ1) is 24.2. The molecular weight excluding hydrogens is 350 g/mol. The minimum atomic E-state index is -0.980. The van der Waals surface area contributed by atoms with Gasteiger partial charge in [-0.3, -0.25) is 4.79 Å². The highest BCUT2D eigenvalue weighted by Crippen LogP contribution is 2.12. The van der Waals surface area contributed by atoms with Crippen molar-refractivity contribution in [1.29, 1.82) is 0 Å². The number of aliphatic carboxylic acids is 1. The van der Waals surface area contributed by atoms with Crippen molar-refractivity contribution >= 4 is 11.9 Å². The number of hydrogen-bond donors (Lipinski definition) is 2. The van der Waals surface area contributed by atoms with Gasteiger partial charge in [-0.25, -0.2) is 4.79 Å². The molecule has 28 heavy (non-hydrogen) atoms. The molecule has 0 aliphatic rings. The van der Waals surface area contributed by atoms with Gasteiger partial charge in [-0.1, -0.05) is 108 Å². The molecule has 0 aliphatic heterocycles. The second-order valence-corrected chi connectivity index (χ2v) is 7.79. The van der Waals surface area contributed by atoms with Crippen molar-refractivity contribution in [3.63, 3.8) is 0 Å². The van der Waals surface area contributed by atoms with Crippen molar-refractivity contribution in [2.75, 3.05) is 0 Å². The van der Waals surface area contributed by atoms with E-state index in [1.165, 1.54) is 57.8 Å². The minimum absolute atomic E-state index is 0.157. The van der Waals surface area contributed by atoms with Crippen molar-refractivity contribution < 1.29 is 14.7 Å². The molecule has 0 aliphatic carbocycles. The average molecular weight is 390 g/mol. The largest absolute Gasteiger partial charge is 0.480 e. The molecule has 1 atom stereocenters. The molecule has 0 bridgehead atoms. The molecule has 1 rings (SSSR count). The Balaban J connectivity index is 2.04. The summed E-state index contributed by atoms with van der Waals surface area (Å²) < 4.78 is 0. The van der Waals surface area contributed by atoms with Crippen LogP contribution in [0.4, 0.5) is 0 Å². The van der Waals surface area contributed by atoms with E-state index in [-0.39, 0.29) is 5.91 Å². The summed E-state index contributed by atoms with van der Waals surface area (Å²) >= 11 is 0. The second kappa shape index (κ2) is 16.1. The van der Waals surface area contributed by atoms with Crippen LogP contribution in [0, 0.1) is 0 Å². The number of carboxylic acids is 1. The first-order chi connectivity index (χ1) is 13.6. The van der Waals surface area contributed by atoms with Crippen LogP contribution in [0.1, 0.15) is 96.0 Å². The van der Waals surface area contributed by atoms with Crippen molar-refractivity contribution in [2.24, 2.45) is 0 Å². The van der Waals surface area contributed by atoms with E-state index in [2.05, 4.69) is 12.2 Å². The molecule has 1 aromatic rings. The van der Waals surface area contributed by atoms with E-state index in [1.54, 1.807) is 0 Å². The fourth-order valence-corrected chi connectivity index (χ4v) is 3.44. The fourth-order valence-electron chi connectivity index (χ4n) is 3.44. The SMILES string of the molecule is CCCCCCCCCCCCCCC(=O)NC(Cc1ccccc1)C(=O)O. The van der Waals surface area contributed by atoms with Crippen LogP contribution in [0.25, 0.3) is 0 Å². The van der Waals surface area contributed by atoms with Crippen LogP contribution in [0.15, 0.2) is 30.3 Å². The minimum Gasteiger partial charge on any atom is -0.480 e. The molecule has 158 valence electrons. The predicted octanol–water partition coefficient (Wildman–Crippen LogP) is 5.89. The second-order valence-electron chi connectivity index (χ2n) is 7.79. The number of carbonyl (C=O) groups is 2. The normalized spacial score (nSPS) is 11.9. The molecule has 0 fully saturated rings. The number of nitrogens with one attached hydrogen (secondary N) is 1. The molecule has 0 saturated heterocycles. The number of benzene rings is 1. The van der Waals surface area contributed by atoms with Crippen molar-refractivity contribution in [3.8, 4) is 0 Å². The predicted molar refractivity (Wildman–Crippen MR) is 115 cm³/mol. The maximum atomic E-state index is 12.1. The summed E-state index contributed by atoms with van der Waals surface area (Å²) in [6, 6.07) is 8.56. The monoisotopic (exact) mass is 389 g/mol. The van der Waals surface area contributed by atoms with Gasteiger partial charge in [-0.15, -0.1) is 0 Å². The molecule has 4 heteroatoms. The van der Waals surface area contributed by atoms with Crippen molar-refractivity contribution in [2.45, 2.75) is 103 Å². The third-order valence-corrected chi connectivity index (χ3v) is 5.17. The highest BCUT2D eigenvalue weighted by Gasteiger charge is 2.19. The molecule has 2 N–H and O–H groups in total. The molecule has 4 nitrogen and oxygen atoms in total. The number of carbonyl (C=O) groups excluding carboxylic acids is 1. The van der Waals surface area contributed by atoms with Crippen molar-refractivity contribution in [1.82, 2.24) is 5.32 Å². The first-order valence-electron chi connectivity index (χ1n) is 11.2. The van der Waals surface area contributed by atoms with Gasteiger partial charge >= 0.3 is 5.97 Å². The number of amides is 1. The third-order valence-electron chi connectivity index (χ3n) is 5.17. The molecule has 0 spiro atoms. The van der Waals surface area contributed by atoms with Crippen LogP contribution < -0.4 is 5.32 Å². The zero-order chi connectivity index (χ0) is 20.5. The average Bonchev–Trinajstić information content (AvgIpc) is 2.69. The van der Waals surface area contributed by atoms with Crippen LogP contribution in [0.5, 0.6) is 0 Å². The number of unbranched alkanes of at least 4 members (excludes halogenated alkanes) is 11. The Hall–Kier alpha value is -1.84. The lowest BCUT2D eigenvalue weighted by Gasteiger charge is -2.14. The molecule has 0 aromatic heterocycles. The zero-order valence-corrected chi connectivity index (χ0v) is 17.6. The Bertz CT molecular complexity index is 530. The van der Waals surface area contributed by atoms with E-state index < -0.39 is 12.0 Å². The topological polar surface area (TPSA) is 66.4 Å². The maximum Gasteiger partial charge on any atom is 0.326 e. The molecule has 0 saturated carbocycles. The number of hydrogen-bond acceptors (Lipinski definition) is 2. The number of carboxylic acid groups (broad SMARTS) is 1. The lowest BCUT2D eigenvalue weighted by molar-refractivity contribution is -0.141. The zero-order valence-electron chi connectivity index (χ0n) is 17.6. The molecule has 1 aromatic carbocycles. The highest BCUT2D eigenvalue weighted by atomic mass is 16.4. The van der Waals surface area contributed by atoms with Gasteiger partial charge in [0.2, 0.25) is 5.91 Å². The lowest BCUT2D eigenvalue weighted by Crippen LogP contribution is -2.42. The van der Waals surface area contributed by atoms with Gasteiger partial charge in [0.05, 0.1) is 0 Å². The Kier molecular flexibility index (Phi) is 14.0. The van der Waals surface area contributed by atoms with Gasteiger partial charge in [0, 0.05) is 12.8 Å². The summed E-state index contributed by atoms with van der Waals surface area (Å²) in [5, 5.41) is 12.0. The van der Waals surface area contributed by atoms with Crippen LogP contribution in [0.3, 0.4) is 0 Å². The molecule has 1 unspecified atom stereocenters. The van der Waals surface area contributed by atoms with E-state index in [0.29, 0.717) is 12.8 Å². The summed E-state index contributed by atoms with van der Waals surface area (Å²) in [7, 11) is 0. The maximum absolute atomic E-state index is 12.1. The quantitative estimate of drug-likeness (QED) is 0.326. The fraction of sp³-hybridized carbons (Fsp3) is 0.667. The van der Waals surface area contributed by atoms with Gasteiger partial charge in [0.1, 0.15) is 6.04 Å².